The van der Waals surface area contributed by atoms with Crippen molar-refractivity contribution in [1.29, 1.82) is 0 Å². The summed E-state index contributed by atoms with van der Waals surface area (Å²) in [6.07, 6.45) is 4.52. The predicted molar refractivity (Wildman–Crippen MR) is 74.0 cm³/mol. The molecule has 1 aromatic heterocycles. The summed E-state index contributed by atoms with van der Waals surface area (Å²) in [6.45, 7) is 0.626. The molecule has 0 spiro atoms. The van der Waals surface area contributed by atoms with Crippen LogP contribution in [-0.4, -0.2) is 28.0 Å². The maximum Gasteiger partial charge on any atom is 0.305 e. The monoisotopic (exact) mass is 274 g/mol. The fourth-order valence-corrected chi connectivity index (χ4v) is 2.09. The number of aliphatic hydroxyl groups excluding tert-OH is 1. The van der Waals surface area contributed by atoms with Crippen LogP contribution in [-0.2, 0) is 29.1 Å². The summed E-state index contributed by atoms with van der Waals surface area (Å²) in [5.74, 6) is -0.241. The number of nitrogens with zero attached hydrogens (tertiary/aromatic N) is 2. The van der Waals surface area contributed by atoms with E-state index in [2.05, 4.69) is 9.84 Å². The second-order valence-corrected chi connectivity index (χ2v) is 4.54. The molecule has 0 amide bonds. The Balaban J connectivity index is 2.09. The third kappa shape index (κ3) is 3.68. The zero-order chi connectivity index (χ0) is 14.4. The van der Waals surface area contributed by atoms with E-state index < -0.39 is 0 Å². The first kappa shape index (κ1) is 14.3. The molecule has 0 aliphatic heterocycles. The molecular weight excluding hydrogens is 256 g/mol. The second-order valence-electron chi connectivity index (χ2n) is 4.54. The number of aliphatic hydroxyl groups is 1. The molecule has 5 nitrogen and oxygen atoms in total. The highest BCUT2D eigenvalue weighted by Gasteiger charge is 2.07. The fraction of sp³-hybridized carbons (Fsp3) is 0.333. The van der Waals surface area contributed by atoms with Gasteiger partial charge in [0.2, 0.25) is 0 Å². The van der Waals surface area contributed by atoms with E-state index in [1.807, 2.05) is 35.1 Å². The predicted octanol–water partition coefficient (Wildman–Crippen LogP) is 1.53. The quantitative estimate of drug-likeness (QED) is 0.811. The van der Waals surface area contributed by atoms with Gasteiger partial charge in [-0.3, -0.25) is 9.48 Å². The number of aromatic nitrogens is 2. The smallest absolute Gasteiger partial charge is 0.305 e. The molecule has 0 unspecified atom stereocenters. The van der Waals surface area contributed by atoms with Crippen LogP contribution in [0.1, 0.15) is 23.1 Å². The molecule has 0 saturated carbocycles. The molecule has 1 aromatic carbocycles. The normalized spacial score (nSPS) is 10.5. The largest absolute Gasteiger partial charge is 0.469 e. The van der Waals surface area contributed by atoms with Gasteiger partial charge in [0.05, 0.1) is 20.3 Å². The number of hydrogen-bond acceptors (Lipinski definition) is 4. The molecular formula is C15H18N2O3. The third-order valence-corrected chi connectivity index (χ3v) is 3.17. The zero-order valence-electron chi connectivity index (χ0n) is 11.5. The molecule has 0 bridgehead atoms. The molecule has 0 atom stereocenters. The Hall–Kier alpha value is -2.14. The highest BCUT2D eigenvalue weighted by Crippen LogP contribution is 2.15. The Kier molecular flexibility index (Phi) is 4.90. The van der Waals surface area contributed by atoms with Crippen LogP contribution < -0.4 is 0 Å². The van der Waals surface area contributed by atoms with Gasteiger partial charge >= 0.3 is 5.97 Å². The average molecular weight is 274 g/mol. The molecule has 2 rings (SSSR count). The van der Waals surface area contributed by atoms with Crippen LogP contribution in [0.2, 0.25) is 0 Å². The van der Waals surface area contributed by atoms with E-state index in [-0.39, 0.29) is 12.6 Å². The third-order valence-electron chi connectivity index (χ3n) is 3.17. The van der Waals surface area contributed by atoms with Crippen LogP contribution in [0.3, 0.4) is 0 Å². The minimum absolute atomic E-state index is 0.0382. The second kappa shape index (κ2) is 6.86. The summed E-state index contributed by atoms with van der Waals surface area (Å²) in [6, 6.07) is 7.77. The summed E-state index contributed by atoms with van der Waals surface area (Å²) in [5.41, 5.74) is 2.89. The number of esters is 1. The first-order valence-corrected chi connectivity index (χ1v) is 6.48. The van der Waals surface area contributed by atoms with Gasteiger partial charge in [-0.1, -0.05) is 18.2 Å². The standard InChI is InChI=1S/C15H18N2O3/c1-20-15(19)6-5-13-4-3-12(9-14(13)11-18)10-17-8-2-7-16-17/h2-4,7-9,18H,5-6,10-11H2,1H3. The Labute approximate surface area is 117 Å². The van der Waals surface area contributed by atoms with Crippen molar-refractivity contribution in [3.05, 3.63) is 53.3 Å². The fourth-order valence-electron chi connectivity index (χ4n) is 2.09. The lowest BCUT2D eigenvalue weighted by Crippen LogP contribution is -2.05. The number of ether oxygens (including phenoxy) is 1. The molecule has 20 heavy (non-hydrogen) atoms. The van der Waals surface area contributed by atoms with Gasteiger partial charge in [0.15, 0.2) is 0 Å². The highest BCUT2D eigenvalue weighted by atomic mass is 16.5. The molecule has 106 valence electrons. The van der Waals surface area contributed by atoms with Gasteiger partial charge in [0.25, 0.3) is 0 Å². The number of hydrogen-bond donors (Lipinski definition) is 1. The van der Waals surface area contributed by atoms with Crippen molar-refractivity contribution in [2.75, 3.05) is 7.11 Å². The van der Waals surface area contributed by atoms with Crippen molar-refractivity contribution in [1.82, 2.24) is 9.78 Å². The van der Waals surface area contributed by atoms with E-state index in [1.54, 1.807) is 6.20 Å². The van der Waals surface area contributed by atoms with Gasteiger partial charge in [-0.05, 0) is 29.2 Å². The maximum atomic E-state index is 11.2. The van der Waals surface area contributed by atoms with E-state index in [4.69, 9.17) is 0 Å². The average Bonchev–Trinajstić information content (AvgIpc) is 2.98. The van der Waals surface area contributed by atoms with Crippen molar-refractivity contribution < 1.29 is 14.6 Å². The van der Waals surface area contributed by atoms with Gasteiger partial charge < -0.3 is 9.84 Å². The van der Waals surface area contributed by atoms with Gasteiger partial charge in [0.1, 0.15) is 0 Å². The van der Waals surface area contributed by atoms with Gasteiger partial charge in [-0.15, -0.1) is 0 Å². The van der Waals surface area contributed by atoms with Gasteiger partial charge in [-0.25, -0.2) is 0 Å². The Morgan fingerprint density at radius 3 is 2.90 bits per heavy atom. The van der Waals surface area contributed by atoms with Crippen LogP contribution in [0.4, 0.5) is 0 Å². The van der Waals surface area contributed by atoms with Crippen molar-refractivity contribution in [2.24, 2.45) is 0 Å². The van der Waals surface area contributed by atoms with Crippen molar-refractivity contribution in [2.45, 2.75) is 26.0 Å². The minimum atomic E-state index is -0.241. The van der Waals surface area contributed by atoms with E-state index in [9.17, 15) is 9.90 Å². The van der Waals surface area contributed by atoms with Crippen molar-refractivity contribution in [3.63, 3.8) is 0 Å². The molecule has 0 radical (unpaired) electrons. The van der Waals surface area contributed by atoms with Crippen LogP contribution in [0.15, 0.2) is 36.7 Å². The molecule has 0 fully saturated rings. The first-order chi connectivity index (χ1) is 9.72. The molecule has 0 saturated heterocycles. The molecule has 0 aliphatic rings. The van der Waals surface area contributed by atoms with Gasteiger partial charge in [0, 0.05) is 18.8 Å². The van der Waals surface area contributed by atoms with E-state index in [0.717, 1.165) is 16.7 Å². The van der Waals surface area contributed by atoms with Crippen LogP contribution >= 0.6 is 0 Å². The molecule has 2 aromatic rings. The first-order valence-electron chi connectivity index (χ1n) is 6.48. The zero-order valence-corrected chi connectivity index (χ0v) is 11.5. The summed E-state index contributed by atoms with van der Waals surface area (Å²) >= 11 is 0. The van der Waals surface area contributed by atoms with E-state index >= 15 is 0 Å². The number of rotatable bonds is 6. The number of carbonyl (C=O) groups is 1. The summed E-state index contributed by atoms with van der Waals surface area (Å²) < 4.78 is 6.45. The Morgan fingerprint density at radius 1 is 1.40 bits per heavy atom. The number of benzene rings is 1. The van der Waals surface area contributed by atoms with E-state index in [0.29, 0.717) is 19.4 Å². The van der Waals surface area contributed by atoms with Crippen LogP contribution in [0.5, 0.6) is 0 Å². The highest BCUT2D eigenvalue weighted by molar-refractivity contribution is 5.69. The minimum Gasteiger partial charge on any atom is -0.469 e. The topological polar surface area (TPSA) is 64.4 Å². The maximum absolute atomic E-state index is 11.2. The SMILES string of the molecule is COC(=O)CCc1ccc(Cn2cccn2)cc1CO. The van der Waals surface area contributed by atoms with Gasteiger partial charge in [-0.2, -0.15) is 5.10 Å². The molecule has 5 heteroatoms. The van der Waals surface area contributed by atoms with Crippen molar-refractivity contribution in [3.8, 4) is 0 Å². The lowest BCUT2D eigenvalue weighted by atomic mass is 10.0. The van der Waals surface area contributed by atoms with Crippen LogP contribution in [0, 0.1) is 0 Å². The summed E-state index contributed by atoms with van der Waals surface area (Å²) in [4.78, 5) is 11.2. The number of aryl methyl sites for hydroxylation is 1. The Morgan fingerprint density at radius 2 is 2.25 bits per heavy atom. The Bertz CT molecular complexity index is 565. The number of carbonyl (C=O) groups excluding carboxylic acids is 1. The molecule has 0 aliphatic carbocycles. The van der Waals surface area contributed by atoms with E-state index in [1.165, 1.54) is 7.11 Å². The molecule has 1 N–H and O–H groups in total. The number of methoxy groups -OCH3 is 1. The summed E-state index contributed by atoms with van der Waals surface area (Å²) in [5, 5.41) is 13.6. The summed E-state index contributed by atoms with van der Waals surface area (Å²) in [7, 11) is 1.38. The van der Waals surface area contributed by atoms with Crippen LogP contribution in [0.25, 0.3) is 0 Å². The van der Waals surface area contributed by atoms with Crippen molar-refractivity contribution >= 4 is 5.97 Å². The lowest BCUT2D eigenvalue weighted by Gasteiger charge is -2.10. The lowest BCUT2D eigenvalue weighted by molar-refractivity contribution is -0.140. The molecule has 1 heterocycles.